The number of carbonyl (C=O) groups excluding carboxylic acids is 1. The van der Waals surface area contributed by atoms with Crippen molar-refractivity contribution in [3.05, 3.63) is 65.2 Å². The smallest absolute Gasteiger partial charge is 0.387 e. The van der Waals surface area contributed by atoms with Crippen molar-refractivity contribution < 1.29 is 23.0 Å². The van der Waals surface area contributed by atoms with Crippen LogP contribution >= 0.6 is 0 Å². The summed E-state index contributed by atoms with van der Waals surface area (Å²) in [5.41, 5.74) is 2.26. The van der Waals surface area contributed by atoms with Gasteiger partial charge in [-0.25, -0.2) is 0 Å². The van der Waals surface area contributed by atoms with E-state index in [-0.39, 0.29) is 17.2 Å². The monoisotopic (exact) mass is 335 g/mol. The summed E-state index contributed by atoms with van der Waals surface area (Å²) < 4.78 is 34.0. The Morgan fingerprint density at radius 3 is 2.50 bits per heavy atom. The van der Waals surface area contributed by atoms with Gasteiger partial charge >= 0.3 is 6.61 Å². The van der Waals surface area contributed by atoms with Gasteiger partial charge in [-0.3, -0.25) is 4.79 Å². The lowest BCUT2D eigenvalue weighted by Gasteiger charge is -2.09. The fraction of sp³-hybridized carbons (Fsp3) is 0.278. The van der Waals surface area contributed by atoms with Crippen LogP contribution in [0.15, 0.2) is 48.5 Å². The van der Waals surface area contributed by atoms with Gasteiger partial charge in [0.1, 0.15) is 5.75 Å². The van der Waals surface area contributed by atoms with Gasteiger partial charge in [0, 0.05) is 18.7 Å². The molecule has 0 heterocycles. The van der Waals surface area contributed by atoms with E-state index in [9.17, 15) is 13.6 Å². The van der Waals surface area contributed by atoms with Crippen LogP contribution < -0.4 is 10.1 Å². The summed E-state index contributed by atoms with van der Waals surface area (Å²) >= 11 is 0. The van der Waals surface area contributed by atoms with E-state index in [1.165, 1.54) is 18.2 Å². The van der Waals surface area contributed by atoms with Crippen LogP contribution in [0.2, 0.25) is 0 Å². The Morgan fingerprint density at radius 1 is 1.12 bits per heavy atom. The van der Waals surface area contributed by atoms with Crippen LogP contribution in [0.25, 0.3) is 0 Å². The van der Waals surface area contributed by atoms with E-state index in [1.54, 1.807) is 6.07 Å². The van der Waals surface area contributed by atoms with E-state index >= 15 is 0 Å². The number of nitrogens with one attached hydrogen (secondary N) is 1. The highest BCUT2D eigenvalue weighted by Gasteiger charge is 2.09. The first kappa shape index (κ1) is 17.9. The number of amides is 1. The summed E-state index contributed by atoms with van der Waals surface area (Å²) in [5, 5.41) is 2.75. The molecule has 0 aliphatic heterocycles. The molecule has 0 aliphatic carbocycles. The maximum absolute atomic E-state index is 12.2. The molecule has 0 saturated heterocycles. The van der Waals surface area contributed by atoms with Crippen molar-refractivity contribution in [3.63, 3.8) is 0 Å². The molecule has 0 atom stereocenters. The number of rotatable bonds is 8. The second kappa shape index (κ2) is 8.98. The number of alkyl halides is 2. The van der Waals surface area contributed by atoms with Crippen LogP contribution in [0.5, 0.6) is 5.75 Å². The summed E-state index contributed by atoms with van der Waals surface area (Å²) in [5.74, 6) is -0.397. The second-order valence-corrected chi connectivity index (χ2v) is 5.04. The van der Waals surface area contributed by atoms with Crippen LogP contribution in [0.3, 0.4) is 0 Å². The molecule has 6 heteroatoms. The molecule has 1 amide bonds. The van der Waals surface area contributed by atoms with Gasteiger partial charge in [0.25, 0.3) is 5.91 Å². The molecular formula is C18H19F2NO3. The quantitative estimate of drug-likeness (QED) is 0.799. The number of carbonyl (C=O) groups is 1. The third kappa shape index (κ3) is 5.62. The van der Waals surface area contributed by atoms with Crippen molar-refractivity contribution in [2.24, 2.45) is 0 Å². The van der Waals surface area contributed by atoms with Crippen molar-refractivity contribution in [1.82, 2.24) is 5.32 Å². The molecule has 0 bridgehead atoms. The topological polar surface area (TPSA) is 47.6 Å². The Morgan fingerprint density at radius 2 is 1.83 bits per heavy atom. The first-order chi connectivity index (χ1) is 11.6. The predicted octanol–water partition coefficient (Wildman–Crippen LogP) is 3.75. The van der Waals surface area contributed by atoms with E-state index in [0.717, 1.165) is 11.1 Å². The molecule has 0 spiro atoms. The molecular weight excluding hydrogens is 316 g/mol. The lowest BCUT2D eigenvalue weighted by Crippen LogP contribution is -2.22. The minimum absolute atomic E-state index is 0.0436. The van der Waals surface area contributed by atoms with Gasteiger partial charge in [0.2, 0.25) is 0 Å². The predicted molar refractivity (Wildman–Crippen MR) is 86.0 cm³/mol. The lowest BCUT2D eigenvalue weighted by molar-refractivity contribution is -0.0498. The summed E-state index contributed by atoms with van der Waals surface area (Å²) in [4.78, 5) is 12.1. The Kier molecular flexibility index (Phi) is 6.69. The van der Waals surface area contributed by atoms with Crippen LogP contribution in [-0.4, -0.2) is 19.1 Å². The third-order valence-corrected chi connectivity index (χ3v) is 3.27. The Bertz CT molecular complexity index is 660. The van der Waals surface area contributed by atoms with E-state index < -0.39 is 6.61 Å². The highest BCUT2D eigenvalue weighted by atomic mass is 19.3. The van der Waals surface area contributed by atoms with Crippen LogP contribution in [0, 0.1) is 0 Å². The molecule has 2 aromatic carbocycles. The first-order valence-corrected chi connectivity index (χ1v) is 7.57. The number of benzene rings is 2. The van der Waals surface area contributed by atoms with Crippen molar-refractivity contribution >= 4 is 5.91 Å². The molecule has 0 aliphatic rings. The molecule has 128 valence electrons. The molecule has 0 radical (unpaired) electrons. The largest absolute Gasteiger partial charge is 0.435 e. The standard InChI is InChI=1S/C18H19F2NO3/c1-2-23-12-14-8-6-13(7-9-14)11-21-17(22)15-4-3-5-16(10-15)24-18(19)20/h3-10,18H,2,11-12H2,1H3,(H,21,22). The highest BCUT2D eigenvalue weighted by molar-refractivity contribution is 5.94. The molecule has 24 heavy (non-hydrogen) atoms. The fourth-order valence-corrected chi connectivity index (χ4v) is 2.07. The molecule has 1 N–H and O–H groups in total. The molecule has 2 rings (SSSR count). The van der Waals surface area contributed by atoms with Crippen molar-refractivity contribution in [1.29, 1.82) is 0 Å². The number of hydrogen-bond donors (Lipinski definition) is 1. The molecule has 4 nitrogen and oxygen atoms in total. The van der Waals surface area contributed by atoms with Crippen LogP contribution in [0.4, 0.5) is 8.78 Å². The van der Waals surface area contributed by atoms with Gasteiger partial charge in [-0.15, -0.1) is 0 Å². The second-order valence-electron chi connectivity index (χ2n) is 5.04. The maximum atomic E-state index is 12.2. The number of halogens is 2. The minimum Gasteiger partial charge on any atom is -0.435 e. The molecule has 0 aromatic heterocycles. The molecule has 2 aromatic rings. The number of hydrogen-bond acceptors (Lipinski definition) is 3. The van der Waals surface area contributed by atoms with Crippen molar-refractivity contribution in [3.8, 4) is 5.75 Å². The lowest BCUT2D eigenvalue weighted by atomic mass is 10.1. The average molecular weight is 335 g/mol. The normalized spacial score (nSPS) is 10.7. The maximum Gasteiger partial charge on any atom is 0.387 e. The first-order valence-electron chi connectivity index (χ1n) is 7.57. The van der Waals surface area contributed by atoms with Gasteiger partial charge in [-0.05, 0) is 36.2 Å². The van der Waals surface area contributed by atoms with Gasteiger partial charge < -0.3 is 14.8 Å². The van der Waals surface area contributed by atoms with E-state index in [4.69, 9.17) is 4.74 Å². The minimum atomic E-state index is -2.92. The summed E-state index contributed by atoms with van der Waals surface area (Å²) in [6.45, 7) is 0.573. The summed E-state index contributed by atoms with van der Waals surface area (Å²) in [6.07, 6.45) is 0. The zero-order chi connectivity index (χ0) is 17.4. The fourth-order valence-electron chi connectivity index (χ4n) is 2.07. The molecule has 0 unspecified atom stereocenters. The third-order valence-electron chi connectivity index (χ3n) is 3.27. The van der Waals surface area contributed by atoms with Crippen molar-refractivity contribution in [2.75, 3.05) is 6.61 Å². The van der Waals surface area contributed by atoms with Crippen LogP contribution in [0.1, 0.15) is 28.4 Å². The van der Waals surface area contributed by atoms with Gasteiger partial charge in [-0.1, -0.05) is 30.3 Å². The molecule has 0 fully saturated rings. The van der Waals surface area contributed by atoms with Crippen LogP contribution in [-0.2, 0) is 17.9 Å². The Balaban J connectivity index is 1.90. The van der Waals surface area contributed by atoms with Crippen molar-refractivity contribution in [2.45, 2.75) is 26.7 Å². The van der Waals surface area contributed by atoms with E-state index in [0.29, 0.717) is 19.8 Å². The average Bonchev–Trinajstić information content (AvgIpc) is 2.58. The SMILES string of the molecule is CCOCc1ccc(CNC(=O)c2cccc(OC(F)F)c2)cc1. The summed E-state index contributed by atoms with van der Waals surface area (Å²) in [6, 6.07) is 13.4. The Hall–Kier alpha value is -2.47. The van der Waals surface area contributed by atoms with E-state index in [2.05, 4.69) is 10.1 Å². The number of ether oxygens (including phenoxy) is 2. The highest BCUT2D eigenvalue weighted by Crippen LogP contribution is 2.16. The zero-order valence-corrected chi connectivity index (χ0v) is 13.3. The van der Waals surface area contributed by atoms with E-state index in [1.807, 2.05) is 31.2 Å². The zero-order valence-electron chi connectivity index (χ0n) is 13.3. The molecule has 0 saturated carbocycles. The van der Waals surface area contributed by atoms with Gasteiger partial charge in [0.15, 0.2) is 0 Å². The van der Waals surface area contributed by atoms with Gasteiger partial charge in [0.05, 0.1) is 6.61 Å². The summed E-state index contributed by atoms with van der Waals surface area (Å²) in [7, 11) is 0. The van der Waals surface area contributed by atoms with Gasteiger partial charge in [-0.2, -0.15) is 8.78 Å². The Labute approximate surface area is 139 Å².